The molecular weight excluding hydrogens is 372 g/mol. The van der Waals surface area contributed by atoms with E-state index < -0.39 is 10.0 Å². The number of nitrogens with zero attached hydrogens (tertiary/aromatic N) is 1. The second-order valence-electron chi connectivity index (χ2n) is 6.23. The number of piperidine rings is 1. The molecule has 1 aliphatic rings. The first-order valence-electron chi connectivity index (χ1n) is 8.53. The summed E-state index contributed by atoms with van der Waals surface area (Å²) in [6, 6.07) is 12.5. The summed E-state index contributed by atoms with van der Waals surface area (Å²) in [7, 11) is -3.46. The van der Waals surface area contributed by atoms with Crippen molar-refractivity contribution in [3.8, 4) is 5.75 Å². The maximum absolute atomic E-state index is 12.4. The van der Waals surface area contributed by atoms with Crippen molar-refractivity contribution in [2.75, 3.05) is 26.2 Å². The normalized spacial score (nSPS) is 17.8. The maximum Gasteiger partial charge on any atom is 0.260 e. The van der Waals surface area contributed by atoms with E-state index in [-0.39, 0.29) is 18.4 Å². The number of ether oxygens (including phenoxy) is 1. The van der Waals surface area contributed by atoms with E-state index in [1.807, 2.05) is 30.3 Å². The molecule has 1 aromatic heterocycles. The zero-order valence-corrected chi connectivity index (χ0v) is 16.0. The lowest BCUT2D eigenvalue weighted by Crippen LogP contribution is -2.45. The third-order valence-electron chi connectivity index (χ3n) is 4.30. The molecular formula is C18H22N2O4S2. The van der Waals surface area contributed by atoms with E-state index >= 15 is 0 Å². The Bertz CT molecular complexity index is 807. The predicted molar refractivity (Wildman–Crippen MR) is 101 cm³/mol. The molecule has 0 aliphatic carbocycles. The average molecular weight is 395 g/mol. The molecule has 8 heteroatoms. The molecule has 2 heterocycles. The molecule has 1 N–H and O–H groups in total. The second kappa shape index (κ2) is 8.66. The van der Waals surface area contributed by atoms with Gasteiger partial charge in [-0.3, -0.25) is 4.79 Å². The highest BCUT2D eigenvalue weighted by atomic mass is 32.2. The summed E-state index contributed by atoms with van der Waals surface area (Å²) in [5.41, 5.74) is 0. The van der Waals surface area contributed by atoms with E-state index in [9.17, 15) is 13.2 Å². The lowest BCUT2D eigenvalue weighted by Gasteiger charge is -2.32. The first-order chi connectivity index (χ1) is 12.5. The minimum atomic E-state index is -3.46. The Morgan fingerprint density at radius 3 is 2.77 bits per heavy atom. The highest BCUT2D eigenvalue weighted by Gasteiger charge is 2.25. The molecule has 26 heavy (non-hydrogen) atoms. The number of hydrogen-bond acceptors (Lipinski definition) is 5. The van der Waals surface area contributed by atoms with Gasteiger partial charge in [0.05, 0.1) is 0 Å². The van der Waals surface area contributed by atoms with Gasteiger partial charge in [0.15, 0.2) is 6.61 Å². The fraction of sp³-hybridized carbons (Fsp3) is 0.389. The molecule has 0 saturated carbocycles. The van der Waals surface area contributed by atoms with Gasteiger partial charge in [-0.05, 0) is 42.3 Å². The molecule has 0 bridgehead atoms. The van der Waals surface area contributed by atoms with Gasteiger partial charge in [-0.15, -0.1) is 11.3 Å². The lowest BCUT2D eigenvalue weighted by molar-refractivity contribution is -0.135. The van der Waals surface area contributed by atoms with Crippen molar-refractivity contribution >= 4 is 27.3 Å². The number of benzene rings is 1. The van der Waals surface area contributed by atoms with Crippen LogP contribution in [-0.4, -0.2) is 45.5 Å². The van der Waals surface area contributed by atoms with Crippen LogP contribution in [0.3, 0.4) is 0 Å². The summed E-state index contributed by atoms with van der Waals surface area (Å²) in [5, 5.41) is 1.74. The zero-order chi connectivity index (χ0) is 18.4. The molecule has 1 amide bonds. The van der Waals surface area contributed by atoms with E-state index in [0.29, 0.717) is 29.6 Å². The number of hydrogen-bond donors (Lipinski definition) is 1. The smallest absolute Gasteiger partial charge is 0.260 e. The largest absolute Gasteiger partial charge is 0.484 e. The van der Waals surface area contributed by atoms with Gasteiger partial charge in [0.1, 0.15) is 9.96 Å². The lowest BCUT2D eigenvalue weighted by atomic mass is 9.98. The van der Waals surface area contributed by atoms with E-state index in [1.165, 1.54) is 11.3 Å². The van der Waals surface area contributed by atoms with Gasteiger partial charge in [0.2, 0.25) is 10.0 Å². The molecule has 1 aliphatic heterocycles. The Labute approximate surface area is 157 Å². The van der Waals surface area contributed by atoms with E-state index in [4.69, 9.17) is 4.74 Å². The summed E-state index contributed by atoms with van der Waals surface area (Å²) >= 11 is 1.19. The third kappa shape index (κ3) is 5.06. The number of rotatable bonds is 7. The number of sulfonamides is 1. The average Bonchev–Trinajstić information content (AvgIpc) is 3.21. The van der Waals surface area contributed by atoms with Crippen LogP contribution in [0.15, 0.2) is 52.1 Å². The first kappa shape index (κ1) is 18.9. The number of nitrogens with one attached hydrogen (secondary N) is 1. The predicted octanol–water partition coefficient (Wildman–Crippen LogP) is 2.34. The molecule has 140 valence electrons. The summed E-state index contributed by atoms with van der Waals surface area (Å²) < 4.78 is 32.9. The Kier molecular flexibility index (Phi) is 6.29. The van der Waals surface area contributed by atoms with Crippen LogP contribution in [0.5, 0.6) is 5.75 Å². The monoisotopic (exact) mass is 394 g/mol. The van der Waals surface area contributed by atoms with Crippen molar-refractivity contribution < 1.29 is 17.9 Å². The standard InChI is InChI=1S/C18H22N2O4S2/c21-17(14-24-16-7-2-1-3-8-16)20-10-4-6-15(13-20)12-19-26(22,23)18-9-5-11-25-18/h1-3,5,7-9,11,15,19H,4,6,10,12-14H2/t15-/m0/s1. The van der Waals surface area contributed by atoms with Gasteiger partial charge in [-0.2, -0.15) is 0 Å². The summed E-state index contributed by atoms with van der Waals surface area (Å²) in [6.07, 6.45) is 1.76. The molecule has 0 unspecified atom stereocenters. The number of amides is 1. The summed E-state index contributed by atoms with van der Waals surface area (Å²) in [4.78, 5) is 14.1. The van der Waals surface area contributed by atoms with Crippen molar-refractivity contribution in [3.05, 3.63) is 47.8 Å². The number of para-hydroxylation sites is 1. The van der Waals surface area contributed by atoms with Gasteiger partial charge in [0, 0.05) is 19.6 Å². The zero-order valence-electron chi connectivity index (χ0n) is 14.3. The number of carbonyl (C=O) groups is 1. The SMILES string of the molecule is O=C(COc1ccccc1)N1CCC[C@@H](CNS(=O)(=O)c2cccs2)C1. The van der Waals surface area contributed by atoms with Crippen LogP contribution in [0, 0.1) is 5.92 Å². The van der Waals surface area contributed by atoms with Crippen LogP contribution in [0.2, 0.25) is 0 Å². The molecule has 1 aromatic carbocycles. The van der Waals surface area contributed by atoms with Crippen LogP contribution in [0.4, 0.5) is 0 Å². The van der Waals surface area contributed by atoms with Gasteiger partial charge < -0.3 is 9.64 Å². The highest BCUT2D eigenvalue weighted by Crippen LogP contribution is 2.19. The molecule has 1 atom stereocenters. The van der Waals surface area contributed by atoms with Gasteiger partial charge in [-0.25, -0.2) is 13.1 Å². The van der Waals surface area contributed by atoms with E-state index in [2.05, 4.69) is 4.72 Å². The van der Waals surface area contributed by atoms with Crippen LogP contribution in [-0.2, 0) is 14.8 Å². The Morgan fingerprint density at radius 2 is 2.04 bits per heavy atom. The topological polar surface area (TPSA) is 75.7 Å². The molecule has 2 aromatic rings. The maximum atomic E-state index is 12.4. The Morgan fingerprint density at radius 1 is 1.23 bits per heavy atom. The summed E-state index contributed by atoms with van der Waals surface area (Å²) in [6.45, 7) is 1.57. The number of likely N-dealkylation sites (tertiary alicyclic amines) is 1. The van der Waals surface area contributed by atoms with Crippen molar-refractivity contribution in [1.82, 2.24) is 9.62 Å². The minimum absolute atomic E-state index is 0.00233. The van der Waals surface area contributed by atoms with Crippen LogP contribution >= 0.6 is 11.3 Å². The Balaban J connectivity index is 1.48. The fourth-order valence-corrected chi connectivity index (χ4v) is 5.08. The van der Waals surface area contributed by atoms with Gasteiger partial charge in [-0.1, -0.05) is 24.3 Å². The molecule has 0 radical (unpaired) electrons. The van der Waals surface area contributed by atoms with Crippen LogP contribution in [0.25, 0.3) is 0 Å². The van der Waals surface area contributed by atoms with Crippen molar-refractivity contribution in [1.29, 1.82) is 0 Å². The van der Waals surface area contributed by atoms with Gasteiger partial charge >= 0.3 is 0 Å². The Hall–Kier alpha value is -1.90. The van der Waals surface area contributed by atoms with Crippen molar-refractivity contribution in [2.45, 2.75) is 17.1 Å². The van der Waals surface area contributed by atoms with E-state index in [0.717, 1.165) is 12.8 Å². The highest BCUT2D eigenvalue weighted by molar-refractivity contribution is 7.91. The number of carbonyl (C=O) groups excluding carboxylic acids is 1. The number of thiophene rings is 1. The van der Waals surface area contributed by atoms with E-state index in [1.54, 1.807) is 22.4 Å². The van der Waals surface area contributed by atoms with Gasteiger partial charge in [0.25, 0.3) is 5.91 Å². The first-order valence-corrected chi connectivity index (χ1v) is 10.9. The molecule has 0 spiro atoms. The second-order valence-corrected chi connectivity index (χ2v) is 9.18. The van der Waals surface area contributed by atoms with Crippen molar-refractivity contribution in [3.63, 3.8) is 0 Å². The minimum Gasteiger partial charge on any atom is -0.484 e. The fourth-order valence-electron chi connectivity index (χ4n) is 2.93. The van der Waals surface area contributed by atoms with Crippen LogP contribution in [0.1, 0.15) is 12.8 Å². The van der Waals surface area contributed by atoms with Crippen molar-refractivity contribution in [2.24, 2.45) is 5.92 Å². The van der Waals surface area contributed by atoms with Crippen LogP contribution < -0.4 is 9.46 Å². The molecule has 6 nitrogen and oxygen atoms in total. The quantitative estimate of drug-likeness (QED) is 0.782. The summed E-state index contributed by atoms with van der Waals surface area (Å²) in [5.74, 6) is 0.706. The third-order valence-corrected chi connectivity index (χ3v) is 7.12. The molecule has 1 saturated heterocycles. The molecule has 3 rings (SSSR count). The molecule has 1 fully saturated rings.